The smallest absolute Gasteiger partial charge is 0.455 e. The molecule has 0 saturated carbocycles. The van der Waals surface area contributed by atoms with E-state index >= 15 is 0 Å². The molecule has 2 aromatic carbocycles. The molecular weight excluding hydrogens is 643 g/mol. The average molecular weight is 676 g/mol. The second-order valence-corrected chi connectivity index (χ2v) is 14.4. The molecule has 1 saturated heterocycles. The zero-order valence-corrected chi connectivity index (χ0v) is 26.9. The molecule has 1 atom stereocenters. The van der Waals surface area contributed by atoms with Crippen LogP contribution in [0.1, 0.15) is 20.8 Å². The van der Waals surface area contributed by atoms with E-state index < -0.39 is 72.5 Å². The van der Waals surface area contributed by atoms with Gasteiger partial charge in [0.25, 0.3) is 31.3 Å². The first kappa shape index (κ1) is 34.9. The van der Waals surface area contributed by atoms with Crippen molar-refractivity contribution < 1.29 is 59.4 Å². The number of urea groups is 1. The monoisotopic (exact) mass is 675 g/mol. The molecule has 0 radical (unpaired) electrons. The highest BCUT2D eigenvalue weighted by Gasteiger charge is 2.81. The van der Waals surface area contributed by atoms with Crippen LogP contribution < -0.4 is 0 Å². The van der Waals surface area contributed by atoms with E-state index in [0.717, 1.165) is 38.5 Å². The van der Waals surface area contributed by atoms with Crippen LogP contribution >= 0.6 is 7.94 Å². The molecular formula is C26H32N2O13PS2+. The number of aliphatic hydroxyl groups is 1. The largest absolute Gasteiger partial charge is 0.478 e. The van der Waals surface area contributed by atoms with Gasteiger partial charge in [0.15, 0.2) is 0 Å². The SMILES string of the molecule is CCO[P+](OCC)(OCC)/C(=C(\O)OC)C1(C(=O)OC)C(=O)N(S(=O)(=O)c2ccccc2)C(=O)N1S(=O)(=O)c1ccccc1. The fourth-order valence-corrected chi connectivity index (χ4v) is 10.1. The van der Waals surface area contributed by atoms with Gasteiger partial charge in [-0.1, -0.05) is 36.4 Å². The lowest BCUT2D eigenvalue weighted by Crippen LogP contribution is -2.60. The van der Waals surface area contributed by atoms with Gasteiger partial charge in [-0.3, -0.25) is 4.79 Å². The van der Waals surface area contributed by atoms with Gasteiger partial charge in [-0.15, -0.1) is 4.31 Å². The lowest BCUT2D eigenvalue weighted by molar-refractivity contribution is -0.153. The van der Waals surface area contributed by atoms with Crippen LogP contribution in [0.2, 0.25) is 0 Å². The zero-order valence-electron chi connectivity index (χ0n) is 24.4. The fourth-order valence-electron chi connectivity index (χ4n) is 4.43. The number of imide groups is 1. The Kier molecular flexibility index (Phi) is 10.8. The topological polar surface area (TPSA) is 192 Å². The van der Waals surface area contributed by atoms with Crippen molar-refractivity contribution in [1.82, 2.24) is 8.61 Å². The Morgan fingerprint density at radius 3 is 1.59 bits per heavy atom. The van der Waals surface area contributed by atoms with Crippen LogP contribution in [0, 0.1) is 0 Å². The molecule has 1 heterocycles. The summed E-state index contributed by atoms with van der Waals surface area (Å²) in [5.41, 5.74) is -3.66. The first-order chi connectivity index (χ1) is 20.8. The first-order valence-electron chi connectivity index (χ1n) is 13.0. The third-order valence-corrected chi connectivity index (χ3v) is 12.4. The molecule has 1 unspecified atom stereocenters. The number of ether oxygens (including phenoxy) is 2. The van der Waals surface area contributed by atoms with Crippen LogP contribution in [0.5, 0.6) is 0 Å². The maximum Gasteiger partial charge on any atom is 0.455 e. The van der Waals surface area contributed by atoms with Crippen molar-refractivity contribution in [3.63, 3.8) is 0 Å². The van der Waals surface area contributed by atoms with Gasteiger partial charge < -0.3 is 14.6 Å². The number of hydrogen-bond donors (Lipinski definition) is 1. The second-order valence-electron chi connectivity index (χ2n) is 8.56. The van der Waals surface area contributed by atoms with E-state index in [4.69, 9.17) is 23.0 Å². The molecule has 240 valence electrons. The standard InChI is InChI=1S/C26H31N2O13PS2/c1-6-39-42(40-7-2,41-8-3)21(22(29)37-4)26(24(31)38-5)23(30)27(43(33,34)19-15-11-9-12-16-19)25(32)28(26)44(35,36)20-17-13-10-14-18-20/h9-18H,6-8H2,1-5H3/p+1/b22-21+. The molecule has 0 aromatic heterocycles. The molecule has 0 bridgehead atoms. The second kappa shape index (κ2) is 13.6. The number of rotatable bonds is 14. The van der Waals surface area contributed by atoms with Crippen molar-refractivity contribution in [1.29, 1.82) is 0 Å². The molecule has 0 spiro atoms. The zero-order chi connectivity index (χ0) is 32.9. The molecule has 1 aliphatic rings. The summed E-state index contributed by atoms with van der Waals surface area (Å²) in [6, 6.07) is 10.3. The van der Waals surface area contributed by atoms with Crippen molar-refractivity contribution in [3.8, 4) is 0 Å². The number of carbonyl (C=O) groups excluding carboxylic acids is 3. The summed E-state index contributed by atoms with van der Waals surface area (Å²) in [5, 5.41) is 10.1. The van der Waals surface area contributed by atoms with Crippen LogP contribution in [0.3, 0.4) is 0 Å². The van der Waals surface area contributed by atoms with Crippen molar-refractivity contribution in [3.05, 3.63) is 71.9 Å². The lowest BCUT2D eigenvalue weighted by atomic mass is 9.99. The number of methoxy groups -OCH3 is 2. The number of amides is 3. The molecule has 3 rings (SSSR count). The first-order valence-corrected chi connectivity index (χ1v) is 17.4. The van der Waals surface area contributed by atoms with Crippen LogP contribution in [-0.4, -0.2) is 88.0 Å². The summed E-state index contributed by atoms with van der Waals surface area (Å²) in [7, 11) is -13.4. The lowest BCUT2D eigenvalue weighted by Gasteiger charge is -2.34. The molecule has 1 aliphatic heterocycles. The quantitative estimate of drug-likeness (QED) is 0.101. The van der Waals surface area contributed by atoms with Crippen LogP contribution in [-0.2, 0) is 52.7 Å². The minimum absolute atomic E-state index is 0.259. The minimum atomic E-state index is -5.34. The van der Waals surface area contributed by atoms with Gasteiger partial charge >= 0.3 is 31.4 Å². The molecule has 44 heavy (non-hydrogen) atoms. The molecule has 0 aliphatic carbocycles. The van der Waals surface area contributed by atoms with E-state index in [0.29, 0.717) is 0 Å². The summed E-state index contributed by atoms with van der Waals surface area (Å²) < 4.78 is 83.0. The van der Waals surface area contributed by atoms with Crippen LogP contribution in [0.15, 0.2) is 81.7 Å². The summed E-state index contributed by atoms with van der Waals surface area (Å²) in [4.78, 5) is 41.7. The number of carbonyl (C=O) groups is 3. The minimum Gasteiger partial charge on any atom is -0.478 e. The molecule has 1 N–H and O–H groups in total. The van der Waals surface area contributed by atoms with Crippen LogP contribution in [0.25, 0.3) is 0 Å². The summed E-state index contributed by atoms with van der Waals surface area (Å²) >= 11 is 0. The van der Waals surface area contributed by atoms with Crippen molar-refractivity contribution in [2.75, 3.05) is 34.0 Å². The highest BCUT2D eigenvalue weighted by Crippen LogP contribution is 2.73. The van der Waals surface area contributed by atoms with Crippen molar-refractivity contribution in [2.24, 2.45) is 0 Å². The van der Waals surface area contributed by atoms with E-state index in [1.54, 1.807) is 0 Å². The maximum absolute atomic E-state index is 14.6. The third-order valence-electron chi connectivity index (χ3n) is 6.10. The van der Waals surface area contributed by atoms with Gasteiger partial charge in [-0.25, -0.2) is 26.4 Å². The number of hydrogen-bond acceptors (Lipinski definition) is 13. The summed E-state index contributed by atoms with van der Waals surface area (Å²) in [5.74, 6) is -5.09. The number of sulfonamides is 2. The normalized spacial score (nSPS) is 18.3. The Morgan fingerprint density at radius 2 is 1.20 bits per heavy atom. The Morgan fingerprint density at radius 1 is 0.773 bits per heavy atom. The van der Waals surface area contributed by atoms with Gasteiger partial charge in [0.05, 0.1) is 43.8 Å². The Labute approximate surface area is 255 Å². The van der Waals surface area contributed by atoms with Crippen molar-refractivity contribution >= 4 is 45.9 Å². The average Bonchev–Trinajstić information content (AvgIpc) is 3.25. The maximum atomic E-state index is 14.6. The van der Waals surface area contributed by atoms with Crippen molar-refractivity contribution in [2.45, 2.75) is 36.1 Å². The predicted molar refractivity (Wildman–Crippen MR) is 155 cm³/mol. The number of aliphatic hydroxyl groups excluding tert-OH is 1. The van der Waals surface area contributed by atoms with E-state index in [2.05, 4.69) is 0 Å². The summed E-state index contributed by atoms with van der Waals surface area (Å²) in [6.45, 7) is 3.61. The molecule has 2 aromatic rings. The van der Waals surface area contributed by atoms with E-state index in [1.165, 1.54) is 57.2 Å². The van der Waals surface area contributed by atoms with Crippen LogP contribution in [0.4, 0.5) is 4.79 Å². The Hall–Kier alpha value is -3.60. The number of benzene rings is 2. The third kappa shape index (κ3) is 5.55. The molecule has 18 heteroatoms. The van der Waals surface area contributed by atoms with E-state index in [1.807, 2.05) is 0 Å². The van der Waals surface area contributed by atoms with Gasteiger partial charge in [0, 0.05) is 0 Å². The fraction of sp³-hybridized carbons (Fsp3) is 0.346. The number of esters is 1. The van der Waals surface area contributed by atoms with E-state index in [9.17, 15) is 36.3 Å². The predicted octanol–water partition coefficient (Wildman–Crippen LogP) is 3.19. The number of nitrogens with zero attached hydrogens (tertiary/aromatic N) is 2. The molecule has 15 nitrogen and oxygen atoms in total. The highest BCUT2D eigenvalue weighted by atomic mass is 32.2. The Balaban J connectivity index is 2.65. The van der Waals surface area contributed by atoms with E-state index in [-0.39, 0.29) is 28.4 Å². The summed E-state index contributed by atoms with van der Waals surface area (Å²) in [6.07, 6.45) is 0. The molecule has 1 fully saturated rings. The highest BCUT2D eigenvalue weighted by molar-refractivity contribution is 7.91. The van der Waals surface area contributed by atoms with Gasteiger partial charge in [-0.05, 0) is 45.0 Å². The molecule has 3 amide bonds. The van der Waals surface area contributed by atoms with Gasteiger partial charge in [0.2, 0.25) is 0 Å². The van der Waals surface area contributed by atoms with Gasteiger partial charge in [-0.2, -0.15) is 17.9 Å². The Bertz CT molecular complexity index is 1620. The van der Waals surface area contributed by atoms with Gasteiger partial charge in [0.1, 0.15) is 0 Å².